The van der Waals surface area contributed by atoms with Gasteiger partial charge in [-0.15, -0.1) is 0 Å². The first-order valence-corrected chi connectivity index (χ1v) is 5.59. The molecule has 1 rings (SSSR count). The molecule has 0 radical (unpaired) electrons. The molecule has 0 unspecified atom stereocenters. The number of carbonyl (C=O) groups is 1. The molecule has 1 N–H and O–H groups in total. The molecular weight excluding hydrogens is 204 g/mol. The van der Waals surface area contributed by atoms with Crippen LogP contribution in [0, 0.1) is 0 Å². The molecule has 0 aliphatic heterocycles. The minimum absolute atomic E-state index is 0.0926. The van der Waals surface area contributed by atoms with Gasteiger partial charge in [0, 0.05) is 24.7 Å². The van der Waals surface area contributed by atoms with E-state index in [9.17, 15) is 4.79 Å². The quantitative estimate of drug-likeness (QED) is 0.563. The van der Waals surface area contributed by atoms with E-state index >= 15 is 0 Å². The van der Waals surface area contributed by atoms with Crippen molar-refractivity contribution in [3.63, 3.8) is 0 Å². The number of ketones is 1. The number of rotatable bonds is 7. The Labute approximate surface area is 96.0 Å². The highest BCUT2D eigenvalue weighted by Gasteiger charge is 2.06. The van der Waals surface area contributed by atoms with Crippen molar-refractivity contribution in [1.29, 1.82) is 0 Å². The maximum Gasteiger partial charge on any atom is 0.165 e. The molecule has 1 aromatic heterocycles. The topological polar surface area (TPSA) is 51.2 Å². The summed E-state index contributed by atoms with van der Waals surface area (Å²) in [6.45, 7) is 6.08. The van der Waals surface area contributed by atoms with Crippen molar-refractivity contribution in [2.45, 2.75) is 20.3 Å². The average molecular weight is 222 g/mol. The van der Waals surface area contributed by atoms with Gasteiger partial charge in [0.25, 0.3) is 0 Å². The minimum atomic E-state index is 0.0926. The number of nitrogens with one attached hydrogen (secondary N) is 1. The zero-order valence-electron chi connectivity index (χ0n) is 9.82. The third kappa shape index (κ3) is 3.98. The smallest absolute Gasteiger partial charge is 0.165 e. The molecule has 0 saturated carbocycles. The van der Waals surface area contributed by atoms with E-state index in [1.807, 2.05) is 13.8 Å². The second-order valence-corrected chi connectivity index (χ2v) is 3.37. The van der Waals surface area contributed by atoms with Crippen LogP contribution in [0.5, 0.6) is 5.75 Å². The zero-order chi connectivity index (χ0) is 11.8. The van der Waals surface area contributed by atoms with Gasteiger partial charge < -0.3 is 10.1 Å². The first-order valence-electron chi connectivity index (χ1n) is 5.59. The van der Waals surface area contributed by atoms with E-state index in [2.05, 4.69) is 10.3 Å². The summed E-state index contributed by atoms with van der Waals surface area (Å²) in [6.07, 6.45) is 3.69. The van der Waals surface area contributed by atoms with Gasteiger partial charge >= 0.3 is 0 Å². The summed E-state index contributed by atoms with van der Waals surface area (Å²) in [5.74, 6) is 0.742. The molecule has 0 aliphatic rings. The Morgan fingerprint density at radius 3 is 2.94 bits per heavy atom. The Kier molecular flexibility index (Phi) is 5.50. The number of carbonyl (C=O) groups excluding carboxylic acids is 1. The van der Waals surface area contributed by atoms with Crippen LogP contribution in [0.3, 0.4) is 0 Å². The average Bonchev–Trinajstić information content (AvgIpc) is 2.30. The lowest BCUT2D eigenvalue weighted by molar-refractivity contribution is 0.0982. The zero-order valence-corrected chi connectivity index (χ0v) is 9.82. The van der Waals surface area contributed by atoms with Crippen LogP contribution in [-0.4, -0.2) is 30.5 Å². The highest BCUT2D eigenvalue weighted by atomic mass is 16.5. The standard InChI is InChI=1S/C12H18N2O2/c1-3-13-6-5-12(15)10-7-11(16-4-2)9-14-8-10/h7-9,13H,3-6H2,1-2H3. The number of aromatic nitrogens is 1. The Balaban J connectivity index is 2.57. The van der Waals surface area contributed by atoms with Crippen molar-refractivity contribution in [1.82, 2.24) is 10.3 Å². The van der Waals surface area contributed by atoms with Gasteiger partial charge in [-0.1, -0.05) is 6.92 Å². The van der Waals surface area contributed by atoms with Gasteiger partial charge in [-0.25, -0.2) is 0 Å². The minimum Gasteiger partial charge on any atom is -0.492 e. The molecule has 88 valence electrons. The van der Waals surface area contributed by atoms with Crippen LogP contribution < -0.4 is 10.1 Å². The summed E-state index contributed by atoms with van der Waals surface area (Å²) < 4.78 is 5.29. The first-order chi connectivity index (χ1) is 7.77. The van der Waals surface area contributed by atoms with Gasteiger partial charge in [0.15, 0.2) is 5.78 Å². The van der Waals surface area contributed by atoms with Crippen LogP contribution in [0.15, 0.2) is 18.5 Å². The number of Topliss-reactive ketones (excluding diaryl/α,β-unsaturated/α-hetero) is 1. The molecule has 16 heavy (non-hydrogen) atoms. The SMILES string of the molecule is CCNCCC(=O)c1cncc(OCC)c1. The van der Waals surface area contributed by atoms with E-state index < -0.39 is 0 Å². The number of nitrogens with zero attached hydrogens (tertiary/aromatic N) is 1. The predicted molar refractivity (Wildman–Crippen MR) is 62.9 cm³/mol. The van der Waals surface area contributed by atoms with Gasteiger partial charge in [0.05, 0.1) is 12.8 Å². The summed E-state index contributed by atoms with van der Waals surface area (Å²) in [4.78, 5) is 15.7. The fraction of sp³-hybridized carbons (Fsp3) is 0.500. The third-order valence-electron chi connectivity index (χ3n) is 2.12. The molecule has 4 heteroatoms. The van der Waals surface area contributed by atoms with Crippen LogP contribution >= 0.6 is 0 Å². The first kappa shape index (κ1) is 12.6. The largest absolute Gasteiger partial charge is 0.492 e. The van der Waals surface area contributed by atoms with Crippen LogP contribution in [0.2, 0.25) is 0 Å². The van der Waals surface area contributed by atoms with Crippen molar-refractivity contribution in [3.05, 3.63) is 24.0 Å². The molecule has 0 saturated heterocycles. The van der Waals surface area contributed by atoms with Gasteiger partial charge in [-0.2, -0.15) is 0 Å². The van der Waals surface area contributed by atoms with E-state index in [0.29, 0.717) is 30.9 Å². The molecule has 0 bridgehead atoms. The molecule has 0 aliphatic carbocycles. The van der Waals surface area contributed by atoms with E-state index in [-0.39, 0.29) is 5.78 Å². The third-order valence-corrected chi connectivity index (χ3v) is 2.12. The lowest BCUT2D eigenvalue weighted by Crippen LogP contribution is -2.17. The second-order valence-electron chi connectivity index (χ2n) is 3.37. The number of pyridine rings is 1. The maximum absolute atomic E-state index is 11.7. The van der Waals surface area contributed by atoms with Gasteiger partial charge in [0.1, 0.15) is 5.75 Å². The Bertz CT molecular complexity index is 340. The Hall–Kier alpha value is -1.42. The fourth-order valence-electron chi connectivity index (χ4n) is 1.34. The van der Waals surface area contributed by atoms with Crippen LogP contribution in [-0.2, 0) is 0 Å². The number of hydrogen-bond acceptors (Lipinski definition) is 4. The van der Waals surface area contributed by atoms with Crippen molar-refractivity contribution in [2.24, 2.45) is 0 Å². The fourth-order valence-corrected chi connectivity index (χ4v) is 1.34. The van der Waals surface area contributed by atoms with Crippen molar-refractivity contribution < 1.29 is 9.53 Å². The summed E-state index contributed by atoms with van der Waals surface area (Å²) in [6, 6.07) is 1.74. The van der Waals surface area contributed by atoms with Gasteiger partial charge in [0.2, 0.25) is 0 Å². The molecule has 0 amide bonds. The molecule has 0 spiro atoms. The highest BCUT2D eigenvalue weighted by Crippen LogP contribution is 2.12. The Morgan fingerprint density at radius 1 is 1.44 bits per heavy atom. The molecule has 0 aromatic carbocycles. The summed E-state index contributed by atoms with van der Waals surface area (Å²) in [7, 11) is 0. The molecule has 0 fully saturated rings. The van der Waals surface area contributed by atoms with Crippen molar-refractivity contribution in [3.8, 4) is 5.75 Å². The monoisotopic (exact) mass is 222 g/mol. The number of hydrogen-bond donors (Lipinski definition) is 1. The van der Waals surface area contributed by atoms with E-state index in [4.69, 9.17) is 4.74 Å². The molecular formula is C12H18N2O2. The predicted octanol–water partition coefficient (Wildman–Crippen LogP) is 1.66. The van der Waals surface area contributed by atoms with Crippen LogP contribution in [0.25, 0.3) is 0 Å². The highest BCUT2D eigenvalue weighted by molar-refractivity contribution is 5.96. The summed E-state index contributed by atoms with van der Waals surface area (Å²) in [5, 5.41) is 3.12. The van der Waals surface area contributed by atoms with Crippen LogP contribution in [0.1, 0.15) is 30.6 Å². The summed E-state index contributed by atoms with van der Waals surface area (Å²) >= 11 is 0. The lowest BCUT2D eigenvalue weighted by atomic mass is 10.1. The lowest BCUT2D eigenvalue weighted by Gasteiger charge is -2.05. The molecule has 0 atom stereocenters. The van der Waals surface area contributed by atoms with E-state index in [1.54, 1.807) is 18.5 Å². The maximum atomic E-state index is 11.7. The molecule has 4 nitrogen and oxygen atoms in total. The van der Waals surface area contributed by atoms with Crippen LogP contribution in [0.4, 0.5) is 0 Å². The molecule has 1 aromatic rings. The molecule has 1 heterocycles. The normalized spacial score (nSPS) is 10.1. The second kappa shape index (κ2) is 6.95. The van der Waals surface area contributed by atoms with Crippen molar-refractivity contribution >= 4 is 5.78 Å². The summed E-state index contributed by atoms with van der Waals surface area (Å²) in [5.41, 5.74) is 0.615. The van der Waals surface area contributed by atoms with Gasteiger partial charge in [-0.05, 0) is 19.5 Å². The van der Waals surface area contributed by atoms with E-state index in [0.717, 1.165) is 6.54 Å². The number of ether oxygens (including phenoxy) is 1. The van der Waals surface area contributed by atoms with Crippen molar-refractivity contribution in [2.75, 3.05) is 19.7 Å². The Morgan fingerprint density at radius 2 is 2.25 bits per heavy atom. The van der Waals surface area contributed by atoms with E-state index in [1.165, 1.54) is 0 Å². The van der Waals surface area contributed by atoms with Gasteiger partial charge in [-0.3, -0.25) is 9.78 Å².